The number of aromatic nitrogens is 4. The van der Waals surface area contributed by atoms with Gasteiger partial charge in [-0.15, -0.1) is 11.3 Å². The maximum absolute atomic E-state index is 14.9. The van der Waals surface area contributed by atoms with Crippen molar-refractivity contribution in [2.75, 3.05) is 19.8 Å². The summed E-state index contributed by atoms with van der Waals surface area (Å²) in [5.41, 5.74) is 10.5. The van der Waals surface area contributed by atoms with E-state index < -0.39 is 0 Å². The summed E-state index contributed by atoms with van der Waals surface area (Å²) in [5.74, 6) is 0.0665. The van der Waals surface area contributed by atoms with E-state index in [1.165, 1.54) is 17.4 Å². The summed E-state index contributed by atoms with van der Waals surface area (Å²) in [6.45, 7) is 0. The van der Waals surface area contributed by atoms with Crippen LogP contribution in [-0.2, 0) is 24.1 Å². The molecule has 2 N–H and O–H groups in total. The Bertz CT molecular complexity index is 1340. The smallest absolute Gasteiger partial charge is 0.228 e. The Balaban J connectivity index is 1.73. The summed E-state index contributed by atoms with van der Waals surface area (Å²) in [7, 11) is 3.47. The number of carbonyl (C=O) groups excluding carboxylic acids is 1. The molecule has 0 atom stereocenters. The van der Waals surface area contributed by atoms with Crippen LogP contribution >= 0.6 is 11.3 Å². The number of thiazole rings is 1. The minimum Gasteiger partial charge on any atom is -0.384 e. The van der Waals surface area contributed by atoms with E-state index in [9.17, 15) is 9.18 Å². The lowest BCUT2D eigenvalue weighted by molar-refractivity contribution is -0.127. The van der Waals surface area contributed by atoms with Gasteiger partial charge in [-0.05, 0) is 43.5 Å². The number of nitrogens with two attached hydrogens (primary N) is 1. The highest BCUT2D eigenvalue weighted by Crippen LogP contribution is 2.42. The largest absolute Gasteiger partial charge is 0.384 e. The number of aryl methyl sites for hydroxylation is 1. The maximum atomic E-state index is 14.9. The zero-order valence-corrected chi connectivity index (χ0v) is 19.2. The molecular weight excluding hydrogens is 439 g/mol. The lowest BCUT2D eigenvalue weighted by Crippen LogP contribution is -2.23. The predicted molar refractivity (Wildman–Crippen MR) is 127 cm³/mol. The number of hydrogen-bond acceptors (Lipinski definition) is 6. The number of halogens is 1. The van der Waals surface area contributed by atoms with E-state index >= 15 is 0 Å². The van der Waals surface area contributed by atoms with Gasteiger partial charge in [-0.25, -0.2) is 19.0 Å². The van der Waals surface area contributed by atoms with Crippen LogP contribution < -0.4 is 5.73 Å². The number of benzene rings is 1. The molecule has 168 valence electrons. The van der Waals surface area contributed by atoms with Crippen LogP contribution in [0.15, 0.2) is 42.6 Å². The quantitative estimate of drug-likeness (QED) is 0.497. The first-order valence-corrected chi connectivity index (χ1v) is 11.5. The zero-order chi connectivity index (χ0) is 23.1. The first-order valence-electron chi connectivity index (χ1n) is 10.7. The van der Waals surface area contributed by atoms with E-state index in [2.05, 4.69) is 4.98 Å². The average Bonchev–Trinajstić information content (AvgIpc) is 3.31. The summed E-state index contributed by atoms with van der Waals surface area (Å²) < 4.78 is 16.6. The standard InChI is InChI=1S/C24H23FN6OS/c1-30(2)21(32)12-20-28-17-8-5-6-15-22(14-10-11-19(26)27-13-14)29-31(23(15)24(17)33-20)18-9-4-3-7-16(18)25/h3-4,7,9-11,13H,5-6,8,12H2,1-2H3,(H2,26,27). The number of rotatable bonds is 4. The van der Waals surface area contributed by atoms with E-state index in [4.69, 9.17) is 15.8 Å². The average molecular weight is 463 g/mol. The summed E-state index contributed by atoms with van der Waals surface area (Å²) in [4.78, 5) is 23.8. The van der Waals surface area contributed by atoms with Crippen molar-refractivity contribution in [2.24, 2.45) is 0 Å². The molecule has 0 saturated carbocycles. The molecule has 33 heavy (non-hydrogen) atoms. The first kappa shape index (κ1) is 21.3. The molecule has 5 rings (SSSR count). The van der Waals surface area contributed by atoms with Crippen LogP contribution in [-0.4, -0.2) is 44.7 Å². The van der Waals surface area contributed by atoms with Gasteiger partial charge in [-0.3, -0.25) is 4.79 Å². The molecular formula is C24H23FN6OS. The number of fused-ring (bicyclic) bond motifs is 3. The number of anilines is 1. The predicted octanol–water partition coefficient (Wildman–Crippen LogP) is 3.90. The van der Waals surface area contributed by atoms with E-state index in [0.717, 1.165) is 57.4 Å². The minimum absolute atomic E-state index is 0.00428. The van der Waals surface area contributed by atoms with Crippen LogP contribution in [0.3, 0.4) is 0 Å². The van der Waals surface area contributed by atoms with Gasteiger partial charge in [-0.2, -0.15) is 5.10 Å². The number of pyridine rings is 1. The molecule has 3 heterocycles. The summed E-state index contributed by atoms with van der Waals surface area (Å²) in [6, 6.07) is 10.2. The number of carbonyl (C=O) groups is 1. The van der Waals surface area contributed by atoms with Crippen molar-refractivity contribution in [1.82, 2.24) is 24.6 Å². The number of nitrogen functional groups attached to an aromatic ring is 1. The maximum Gasteiger partial charge on any atom is 0.228 e. The van der Waals surface area contributed by atoms with E-state index in [1.54, 1.807) is 54.1 Å². The number of likely N-dealkylation sites (N-methyl/N-ethyl adjacent to an activating group) is 1. The van der Waals surface area contributed by atoms with Gasteiger partial charge in [0.1, 0.15) is 22.3 Å². The van der Waals surface area contributed by atoms with Crippen molar-refractivity contribution in [3.05, 3.63) is 64.7 Å². The molecule has 0 aliphatic heterocycles. The second kappa shape index (κ2) is 8.40. The molecule has 3 aromatic heterocycles. The second-order valence-corrected chi connectivity index (χ2v) is 9.30. The second-order valence-electron chi connectivity index (χ2n) is 8.21. The molecule has 1 amide bonds. The third kappa shape index (κ3) is 3.89. The molecule has 0 spiro atoms. The third-order valence-corrected chi connectivity index (χ3v) is 6.83. The van der Waals surface area contributed by atoms with Crippen LogP contribution in [0.5, 0.6) is 0 Å². The van der Waals surface area contributed by atoms with Crippen molar-refractivity contribution in [3.63, 3.8) is 0 Å². The highest BCUT2D eigenvalue weighted by molar-refractivity contribution is 7.15. The van der Waals surface area contributed by atoms with Gasteiger partial charge in [0.05, 0.1) is 28.4 Å². The van der Waals surface area contributed by atoms with E-state index in [0.29, 0.717) is 11.5 Å². The number of para-hydroxylation sites is 1. The van der Waals surface area contributed by atoms with Gasteiger partial charge in [-0.1, -0.05) is 12.1 Å². The molecule has 0 saturated heterocycles. The number of hydrogen-bond donors (Lipinski definition) is 1. The van der Waals surface area contributed by atoms with Crippen molar-refractivity contribution in [2.45, 2.75) is 25.7 Å². The minimum atomic E-state index is -0.358. The lowest BCUT2D eigenvalue weighted by atomic mass is 10.0. The fourth-order valence-corrected chi connectivity index (χ4v) is 5.21. The number of amides is 1. The Morgan fingerprint density at radius 2 is 2.03 bits per heavy atom. The lowest BCUT2D eigenvalue weighted by Gasteiger charge is -2.09. The Morgan fingerprint density at radius 1 is 1.21 bits per heavy atom. The summed E-state index contributed by atoms with van der Waals surface area (Å²) in [6.07, 6.45) is 4.38. The Labute approximate surface area is 194 Å². The highest BCUT2D eigenvalue weighted by atomic mass is 32.1. The monoisotopic (exact) mass is 462 g/mol. The summed E-state index contributed by atoms with van der Waals surface area (Å²) >= 11 is 1.49. The van der Waals surface area contributed by atoms with Gasteiger partial charge < -0.3 is 10.6 Å². The summed E-state index contributed by atoms with van der Waals surface area (Å²) in [5, 5.41) is 5.61. The zero-order valence-electron chi connectivity index (χ0n) is 18.4. The van der Waals surface area contributed by atoms with Gasteiger partial charge >= 0.3 is 0 Å². The normalized spacial score (nSPS) is 12.7. The molecule has 1 aliphatic rings. The first-order chi connectivity index (χ1) is 15.9. The van der Waals surface area contributed by atoms with E-state index in [-0.39, 0.29) is 18.1 Å². The van der Waals surface area contributed by atoms with Gasteiger partial charge in [0.2, 0.25) is 5.91 Å². The third-order valence-electron chi connectivity index (χ3n) is 5.72. The Hall–Kier alpha value is -3.59. The van der Waals surface area contributed by atoms with Crippen LogP contribution in [0.1, 0.15) is 22.7 Å². The van der Waals surface area contributed by atoms with E-state index in [1.807, 2.05) is 6.07 Å². The molecule has 9 heteroatoms. The molecule has 1 aliphatic carbocycles. The number of nitrogens with zero attached hydrogens (tertiary/aromatic N) is 5. The molecule has 0 radical (unpaired) electrons. The molecule has 4 aromatic rings. The molecule has 7 nitrogen and oxygen atoms in total. The molecule has 0 unspecified atom stereocenters. The Kier molecular flexibility index (Phi) is 5.41. The van der Waals surface area contributed by atoms with Crippen LogP contribution in [0, 0.1) is 5.82 Å². The highest BCUT2D eigenvalue weighted by Gasteiger charge is 2.29. The van der Waals surface area contributed by atoms with Crippen LogP contribution in [0.4, 0.5) is 10.2 Å². The SMILES string of the molecule is CN(C)C(=O)Cc1nc2c(s1)-c1c(c(-c3ccc(N)nc3)nn1-c1ccccc1F)CCC2. The molecule has 1 aromatic carbocycles. The molecule has 0 bridgehead atoms. The van der Waals surface area contributed by atoms with Gasteiger partial charge in [0.15, 0.2) is 0 Å². The van der Waals surface area contributed by atoms with Crippen molar-refractivity contribution in [3.8, 4) is 27.5 Å². The fourth-order valence-electron chi connectivity index (χ4n) is 4.05. The van der Waals surface area contributed by atoms with Crippen LogP contribution in [0.25, 0.3) is 27.5 Å². The van der Waals surface area contributed by atoms with Crippen LogP contribution in [0.2, 0.25) is 0 Å². The Morgan fingerprint density at radius 3 is 2.76 bits per heavy atom. The topological polar surface area (TPSA) is 89.9 Å². The van der Waals surface area contributed by atoms with Crippen molar-refractivity contribution < 1.29 is 9.18 Å². The molecule has 0 fully saturated rings. The van der Waals surface area contributed by atoms with Crippen molar-refractivity contribution >= 4 is 23.1 Å². The van der Waals surface area contributed by atoms with Gasteiger partial charge in [0.25, 0.3) is 0 Å². The van der Waals surface area contributed by atoms with Crippen molar-refractivity contribution in [1.29, 1.82) is 0 Å². The fraction of sp³-hybridized carbons (Fsp3) is 0.250. The van der Waals surface area contributed by atoms with Gasteiger partial charge in [0, 0.05) is 31.4 Å².